The molecule has 32 heavy (non-hydrogen) atoms. The fourth-order valence-corrected chi connectivity index (χ4v) is 6.52. The summed E-state index contributed by atoms with van der Waals surface area (Å²) in [4.78, 5) is 0.0369. The van der Waals surface area contributed by atoms with Crippen LogP contribution in [0.25, 0.3) is 11.1 Å². The van der Waals surface area contributed by atoms with E-state index in [1.54, 1.807) is 12.1 Å². The van der Waals surface area contributed by atoms with E-state index in [4.69, 9.17) is 0 Å². The number of hydrogen-bond acceptors (Lipinski definition) is 4. The Hall–Kier alpha value is -2.81. The zero-order chi connectivity index (χ0) is 22.5. The molecule has 3 aromatic carbocycles. The molecule has 0 radical (unpaired) electrons. The van der Waals surface area contributed by atoms with Crippen LogP contribution < -0.4 is 5.32 Å². The summed E-state index contributed by atoms with van der Waals surface area (Å²) < 4.78 is 55.2. The van der Waals surface area contributed by atoms with Crippen LogP contribution >= 0.6 is 0 Å². The van der Waals surface area contributed by atoms with Gasteiger partial charge in [-0.15, -0.1) is 0 Å². The highest BCUT2D eigenvalue weighted by molar-refractivity contribution is 7.89. The average molecular weight is 457 g/mol. The highest BCUT2D eigenvalue weighted by Crippen LogP contribution is 2.49. The highest BCUT2D eigenvalue weighted by Gasteiger charge is 2.48. The Balaban J connectivity index is 1.60. The Kier molecular flexibility index (Phi) is 5.23. The number of aliphatic hydroxyl groups is 1. The first-order chi connectivity index (χ1) is 15.4. The molecule has 5 rings (SSSR count). The summed E-state index contributed by atoms with van der Waals surface area (Å²) in [5, 5.41) is 13.3. The second kappa shape index (κ2) is 7.95. The first kappa shape index (κ1) is 21.1. The van der Waals surface area contributed by atoms with Gasteiger partial charge < -0.3 is 10.4 Å². The minimum atomic E-state index is -3.88. The lowest BCUT2D eigenvalue weighted by Gasteiger charge is -2.39. The molecule has 0 aliphatic carbocycles. The van der Waals surface area contributed by atoms with E-state index in [-0.39, 0.29) is 29.3 Å². The summed E-state index contributed by atoms with van der Waals surface area (Å²) in [6.07, 6.45) is 0.587. The first-order valence-corrected chi connectivity index (χ1v) is 11.9. The number of anilines is 1. The van der Waals surface area contributed by atoms with E-state index >= 15 is 0 Å². The van der Waals surface area contributed by atoms with Crippen LogP contribution in [0.4, 0.5) is 14.5 Å². The van der Waals surface area contributed by atoms with Gasteiger partial charge in [0.25, 0.3) is 0 Å². The van der Waals surface area contributed by atoms with Crippen LogP contribution in [0, 0.1) is 17.6 Å². The van der Waals surface area contributed by atoms with Crippen molar-refractivity contribution in [1.82, 2.24) is 4.31 Å². The molecule has 2 aliphatic heterocycles. The van der Waals surface area contributed by atoms with Crippen LogP contribution in [-0.4, -0.2) is 37.0 Å². The molecule has 0 bridgehead atoms. The van der Waals surface area contributed by atoms with Gasteiger partial charge in [-0.1, -0.05) is 18.2 Å². The first-order valence-electron chi connectivity index (χ1n) is 10.4. The van der Waals surface area contributed by atoms with Gasteiger partial charge in [-0.3, -0.25) is 0 Å². The van der Waals surface area contributed by atoms with Gasteiger partial charge in [0.2, 0.25) is 10.0 Å². The van der Waals surface area contributed by atoms with Crippen molar-refractivity contribution in [2.24, 2.45) is 5.92 Å². The van der Waals surface area contributed by atoms with Crippen molar-refractivity contribution in [1.29, 1.82) is 0 Å². The molecule has 1 saturated heterocycles. The molecular formula is C24H22F2N2O3S. The van der Waals surface area contributed by atoms with Crippen LogP contribution in [0.5, 0.6) is 0 Å². The van der Waals surface area contributed by atoms with Gasteiger partial charge in [0, 0.05) is 18.2 Å². The molecule has 2 N–H and O–H groups in total. The Labute approximate surface area is 185 Å². The van der Waals surface area contributed by atoms with Crippen molar-refractivity contribution in [3.63, 3.8) is 0 Å². The standard InChI is InChI=1S/C24H22F2N2O3S/c25-17-4-1-15(2-5-17)16-3-10-22-21(13-16)24-20(23(14-29)27-22)11-12-28(24)32(30,31)19-8-6-18(26)7-9-19/h1-10,13,20,23-24,27,29H,11-12,14H2/t20-,23-,24-/m1/s1. The molecule has 0 spiro atoms. The smallest absolute Gasteiger partial charge is 0.243 e. The lowest BCUT2D eigenvalue weighted by atomic mass is 9.82. The Morgan fingerprint density at radius 1 is 0.938 bits per heavy atom. The molecule has 5 nitrogen and oxygen atoms in total. The maximum absolute atomic E-state index is 13.5. The summed E-state index contributed by atoms with van der Waals surface area (Å²) in [5.41, 5.74) is 3.24. The molecule has 8 heteroatoms. The van der Waals surface area contributed by atoms with Gasteiger partial charge in [-0.2, -0.15) is 4.31 Å². The lowest BCUT2D eigenvalue weighted by Crippen LogP contribution is -2.42. The predicted octanol–water partition coefficient (Wildman–Crippen LogP) is 4.17. The van der Waals surface area contributed by atoms with Gasteiger partial charge in [0.1, 0.15) is 11.6 Å². The number of aliphatic hydroxyl groups excluding tert-OH is 1. The molecule has 3 atom stereocenters. The molecule has 166 valence electrons. The Morgan fingerprint density at radius 3 is 2.22 bits per heavy atom. The zero-order valence-electron chi connectivity index (χ0n) is 17.1. The topological polar surface area (TPSA) is 69.6 Å². The van der Waals surface area contributed by atoms with Crippen LogP contribution in [-0.2, 0) is 10.0 Å². The fourth-order valence-electron chi connectivity index (χ4n) is 4.85. The molecule has 2 aliphatic rings. The van der Waals surface area contributed by atoms with Crippen molar-refractivity contribution >= 4 is 15.7 Å². The highest BCUT2D eigenvalue weighted by atomic mass is 32.2. The molecule has 0 amide bonds. The van der Waals surface area contributed by atoms with Crippen molar-refractivity contribution in [2.75, 3.05) is 18.5 Å². The zero-order valence-corrected chi connectivity index (χ0v) is 17.9. The molecule has 0 unspecified atom stereocenters. The lowest BCUT2D eigenvalue weighted by molar-refractivity contribution is 0.210. The number of nitrogens with one attached hydrogen (secondary N) is 1. The van der Waals surface area contributed by atoms with Crippen molar-refractivity contribution in [3.05, 3.63) is 83.9 Å². The molecule has 3 aromatic rings. The summed E-state index contributed by atoms with van der Waals surface area (Å²) >= 11 is 0. The van der Waals surface area contributed by atoms with Crippen LogP contribution in [0.2, 0.25) is 0 Å². The van der Waals surface area contributed by atoms with Crippen molar-refractivity contribution in [3.8, 4) is 11.1 Å². The van der Waals surface area contributed by atoms with E-state index in [1.807, 2.05) is 18.2 Å². The minimum Gasteiger partial charge on any atom is -0.394 e. The largest absolute Gasteiger partial charge is 0.394 e. The van der Waals surface area contributed by atoms with Gasteiger partial charge in [-0.05, 0) is 71.6 Å². The number of rotatable bonds is 4. The average Bonchev–Trinajstić information content (AvgIpc) is 3.26. The molecule has 0 saturated carbocycles. The summed E-state index contributed by atoms with van der Waals surface area (Å²) in [5.74, 6) is -0.947. The molecule has 2 heterocycles. The van der Waals surface area contributed by atoms with Crippen LogP contribution in [0.15, 0.2) is 71.6 Å². The minimum absolute atomic E-state index is 0.0369. The third-order valence-corrected chi connectivity index (χ3v) is 8.32. The maximum atomic E-state index is 13.5. The van der Waals surface area contributed by atoms with E-state index in [9.17, 15) is 22.3 Å². The summed E-state index contributed by atoms with van der Waals surface area (Å²) in [6, 6.07) is 15.9. The van der Waals surface area contributed by atoms with E-state index in [2.05, 4.69) is 5.32 Å². The number of fused-ring (bicyclic) bond motifs is 3. The van der Waals surface area contributed by atoms with Gasteiger partial charge in [-0.25, -0.2) is 17.2 Å². The van der Waals surface area contributed by atoms with Crippen molar-refractivity contribution < 1.29 is 22.3 Å². The number of benzene rings is 3. The van der Waals surface area contributed by atoms with E-state index < -0.39 is 21.9 Å². The van der Waals surface area contributed by atoms with E-state index in [1.165, 1.54) is 28.6 Å². The second-order valence-corrected chi connectivity index (χ2v) is 10.1. The van der Waals surface area contributed by atoms with Crippen molar-refractivity contribution in [2.45, 2.75) is 23.4 Å². The SMILES string of the molecule is O=S(=O)(c1ccc(F)cc1)N1CC[C@@H]2[C@@H](CO)Nc3ccc(-c4ccc(F)cc4)cc3[C@@H]21. The fraction of sp³-hybridized carbons (Fsp3) is 0.250. The maximum Gasteiger partial charge on any atom is 0.243 e. The number of nitrogens with zero attached hydrogens (tertiary/aromatic N) is 1. The number of sulfonamides is 1. The third kappa shape index (κ3) is 3.48. The van der Waals surface area contributed by atoms with Crippen LogP contribution in [0.3, 0.4) is 0 Å². The quantitative estimate of drug-likeness (QED) is 0.618. The molecule has 1 fully saturated rings. The summed E-state index contributed by atoms with van der Waals surface area (Å²) in [7, 11) is -3.88. The monoisotopic (exact) mass is 456 g/mol. The normalized spacial score (nSPS) is 22.8. The van der Waals surface area contributed by atoms with E-state index in [0.29, 0.717) is 13.0 Å². The van der Waals surface area contributed by atoms with Gasteiger partial charge in [0.15, 0.2) is 0 Å². The molecule has 0 aromatic heterocycles. The number of halogens is 2. The van der Waals surface area contributed by atoms with Gasteiger partial charge in [0.05, 0.1) is 23.6 Å². The van der Waals surface area contributed by atoms with Crippen LogP contribution in [0.1, 0.15) is 18.0 Å². The Morgan fingerprint density at radius 2 is 1.56 bits per heavy atom. The summed E-state index contributed by atoms with van der Waals surface area (Å²) in [6.45, 7) is 0.179. The van der Waals surface area contributed by atoms with E-state index in [0.717, 1.165) is 34.5 Å². The molecular weight excluding hydrogens is 434 g/mol. The third-order valence-electron chi connectivity index (χ3n) is 6.42. The predicted molar refractivity (Wildman–Crippen MR) is 117 cm³/mol. The Bertz CT molecular complexity index is 1250. The van der Waals surface area contributed by atoms with Gasteiger partial charge >= 0.3 is 0 Å². The second-order valence-electron chi connectivity index (χ2n) is 8.21. The number of hydrogen-bond donors (Lipinski definition) is 2.